The first kappa shape index (κ1) is 22.9. The number of primary amides is 1. The second-order valence-electron chi connectivity index (χ2n) is 8.04. The number of carbonyl (C=O) groups is 3. The molecule has 0 spiro atoms. The standard InChI is InChI=1S/C23H18ClFN6O3S/c24-13-3-1-11(15(25)9-13)8-19(32)27-22-20(21(26)33)14-5-6-31(10-18(14)35-22)23(34)12-2-4-16-17(7-12)29-30-28-16/h1-4,7,9H,5-6,8,10H2,(H2,26,33)(H,27,32)(H,28,29,30). The highest BCUT2D eigenvalue weighted by Gasteiger charge is 2.30. The summed E-state index contributed by atoms with van der Waals surface area (Å²) in [6.45, 7) is 0.640. The first-order chi connectivity index (χ1) is 16.8. The van der Waals surface area contributed by atoms with E-state index in [2.05, 4.69) is 20.7 Å². The Morgan fingerprint density at radius 2 is 1.97 bits per heavy atom. The van der Waals surface area contributed by atoms with Crippen LogP contribution in [0.2, 0.25) is 5.02 Å². The molecule has 1 aliphatic heterocycles. The molecule has 5 rings (SSSR count). The van der Waals surface area contributed by atoms with Crippen molar-refractivity contribution in [1.82, 2.24) is 20.3 Å². The molecule has 2 aromatic heterocycles. The summed E-state index contributed by atoms with van der Waals surface area (Å²) in [4.78, 5) is 40.4. The molecular formula is C23H18ClFN6O3S. The van der Waals surface area contributed by atoms with Gasteiger partial charge in [0, 0.05) is 22.0 Å². The zero-order valence-corrected chi connectivity index (χ0v) is 19.7. The highest BCUT2D eigenvalue weighted by atomic mass is 35.5. The number of anilines is 1. The smallest absolute Gasteiger partial charge is 0.254 e. The van der Waals surface area contributed by atoms with Crippen molar-refractivity contribution in [3.63, 3.8) is 0 Å². The summed E-state index contributed by atoms with van der Waals surface area (Å²) < 4.78 is 14.1. The fraction of sp³-hybridized carbons (Fsp3) is 0.174. The summed E-state index contributed by atoms with van der Waals surface area (Å²) in [6, 6.07) is 9.14. The van der Waals surface area contributed by atoms with E-state index < -0.39 is 17.6 Å². The highest BCUT2D eigenvalue weighted by molar-refractivity contribution is 7.17. The second-order valence-corrected chi connectivity index (χ2v) is 9.58. The van der Waals surface area contributed by atoms with Crippen LogP contribution >= 0.6 is 22.9 Å². The van der Waals surface area contributed by atoms with Gasteiger partial charge in [-0.05, 0) is 47.9 Å². The van der Waals surface area contributed by atoms with Gasteiger partial charge in [0.2, 0.25) is 5.91 Å². The Kier molecular flexibility index (Phi) is 5.95. The Morgan fingerprint density at radius 1 is 1.17 bits per heavy atom. The lowest BCUT2D eigenvalue weighted by Gasteiger charge is -2.27. The third-order valence-electron chi connectivity index (χ3n) is 5.77. The van der Waals surface area contributed by atoms with Gasteiger partial charge in [0.15, 0.2) is 0 Å². The second kappa shape index (κ2) is 9.08. The van der Waals surface area contributed by atoms with Gasteiger partial charge >= 0.3 is 0 Å². The molecular weight excluding hydrogens is 495 g/mol. The van der Waals surface area contributed by atoms with Crippen LogP contribution in [0.25, 0.3) is 11.0 Å². The van der Waals surface area contributed by atoms with Crippen molar-refractivity contribution in [2.75, 3.05) is 11.9 Å². The van der Waals surface area contributed by atoms with Crippen molar-refractivity contribution in [2.45, 2.75) is 19.4 Å². The van der Waals surface area contributed by atoms with Crippen LogP contribution in [0.4, 0.5) is 9.39 Å². The molecule has 9 nitrogen and oxygen atoms in total. The maximum atomic E-state index is 14.1. The molecule has 35 heavy (non-hydrogen) atoms. The number of H-pyrrole nitrogens is 1. The molecule has 4 N–H and O–H groups in total. The molecule has 0 fully saturated rings. The molecule has 1 aliphatic rings. The fourth-order valence-corrected chi connectivity index (χ4v) is 5.53. The monoisotopic (exact) mass is 512 g/mol. The quantitative estimate of drug-likeness (QED) is 0.377. The van der Waals surface area contributed by atoms with Gasteiger partial charge in [-0.25, -0.2) is 4.39 Å². The molecule has 0 unspecified atom stereocenters. The van der Waals surface area contributed by atoms with E-state index in [1.54, 1.807) is 23.1 Å². The number of hydrogen-bond donors (Lipinski definition) is 3. The number of aromatic amines is 1. The number of thiophene rings is 1. The predicted octanol–water partition coefficient (Wildman–Crippen LogP) is 3.29. The summed E-state index contributed by atoms with van der Waals surface area (Å²) >= 11 is 6.95. The van der Waals surface area contributed by atoms with E-state index in [1.165, 1.54) is 23.5 Å². The van der Waals surface area contributed by atoms with Crippen LogP contribution < -0.4 is 11.1 Å². The van der Waals surface area contributed by atoms with Gasteiger partial charge < -0.3 is 16.0 Å². The number of nitrogens with two attached hydrogens (primary N) is 1. The highest BCUT2D eigenvalue weighted by Crippen LogP contribution is 2.37. The largest absolute Gasteiger partial charge is 0.365 e. The third kappa shape index (κ3) is 4.47. The molecule has 12 heteroatoms. The molecule has 0 saturated carbocycles. The molecule has 0 bridgehead atoms. The number of nitrogens with one attached hydrogen (secondary N) is 2. The number of benzene rings is 2. The molecule has 4 aromatic rings. The van der Waals surface area contributed by atoms with E-state index in [9.17, 15) is 18.8 Å². The first-order valence-corrected chi connectivity index (χ1v) is 11.8. The minimum absolute atomic E-state index is 0.176. The Balaban J connectivity index is 1.36. The molecule has 3 amide bonds. The SMILES string of the molecule is NC(=O)c1c(NC(=O)Cc2ccc(Cl)cc2F)sc2c1CCN(C(=O)c1ccc3n[nH]nc3c1)C2. The molecule has 3 heterocycles. The van der Waals surface area contributed by atoms with Crippen molar-refractivity contribution in [2.24, 2.45) is 5.73 Å². The minimum Gasteiger partial charge on any atom is -0.365 e. The summed E-state index contributed by atoms with van der Waals surface area (Å²) in [5, 5.41) is 13.7. The van der Waals surface area contributed by atoms with Crippen molar-refractivity contribution >= 4 is 56.7 Å². The molecule has 0 aliphatic carbocycles. The van der Waals surface area contributed by atoms with Gasteiger partial charge in [0.1, 0.15) is 21.9 Å². The summed E-state index contributed by atoms with van der Waals surface area (Å²) in [7, 11) is 0. The van der Waals surface area contributed by atoms with E-state index >= 15 is 0 Å². The van der Waals surface area contributed by atoms with Crippen molar-refractivity contribution < 1.29 is 18.8 Å². The molecule has 0 radical (unpaired) electrons. The Hall–Kier alpha value is -3.83. The normalized spacial score (nSPS) is 13.0. The van der Waals surface area contributed by atoms with Crippen LogP contribution in [0.3, 0.4) is 0 Å². The number of hydrogen-bond acceptors (Lipinski definition) is 6. The van der Waals surface area contributed by atoms with Crippen LogP contribution in [0.5, 0.6) is 0 Å². The average Bonchev–Trinajstić information content (AvgIpc) is 3.43. The first-order valence-electron chi connectivity index (χ1n) is 10.6. The molecule has 0 atom stereocenters. The zero-order chi connectivity index (χ0) is 24.7. The number of fused-ring (bicyclic) bond motifs is 2. The third-order valence-corrected chi connectivity index (χ3v) is 7.14. The lowest BCUT2D eigenvalue weighted by Crippen LogP contribution is -2.35. The molecule has 2 aromatic carbocycles. The maximum Gasteiger partial charge on any atom is 0.254 e. The lowest BCUT2D eigenvalue weighted by atomic mass is 10.0. The van der Waals surface area contributed by atoms with E-state index in [0.29, 0.717) is 40.1 Å². The summed E-state index contributed by atoms with van der Waals surface area (Å²) in [5.41, 5.74) is 8.46. The number of aromatic nitrogens is 3. The van der Waals surface area contributed by atoms with Gasteiger partial charge in [0.05, 0.1) is 18.5 Å². The Labute approximate surface area is 207 Å². The summed E-state index contributed by atoms with van der Waals surface area (Å²) in [5.74, 6) is -1.95. The lowest BCUT2D eigenvalue weighted by molar-refractivity contribution is -0.115. The number of nitrogens with zero attached hydrogens (tertiary/aromatic N) is 3. The van der Waals surface area contributed by atoms with E-state index in [0.717, 1.165) is 10.9 Å². The van der Waals surface area contributed by atoms with Gasteiger partial charge in [-0.2, -0.15) is 15.4 Å². The van der Waals surface area contributed by atoms with Gasteiger partial charge in [0.25, 0.3) is 11.8 Å². The van der Waals surface area contributed by atoms with Gasteiger partial charge in [-0.3, -0.25) is 14.4 Å². The summed E-state index contributed by atoms with van der Waals surface area (Å²) in [6.07, 6.45) is 0.169. The van der Waals surface area contributed by atoms with Gasteiger partial charge in [-0.15, -0.1) is 11.3 Å². The van der Waals surface area contributed by atoms with E-state index in [1.807, 2.05) is 0 Å². The maximum absolute atomic E-state index is 14.1. The topological polar surface area (TPSA) is 134 Å². The van der Waals surface area contributed by atoms with E-state index in [-0.39, 0.29) is 35.0 Å². The van der Waals surface area contributed by atoms with Crippen LogP contribution in [-0.2, 0) is 24.2 Å². The Bertz CT molecular complexity index is 1500. The molecule has 0 saturated heterocycles. The van der Waals surface area contributed by atoms with Crippen molar-refractivity contribution in [3.05, 3.63) is 74.4 Å². The van der Waals surface area contributed by atoms with Crippen molar-refractivity contribution in [1.29, 1.82) is 0 Å². The van der Waals surface area contributed by atoms with Gasteiger partial charge in [-0.1, -0.05) is 17.7 Å². The number of amides is 3. The zero-order valence-electron chi connectivity index (χ0n) is 18.1. The van der Waals surface area contributed by atoms with E-state index in [4.69, 9.17) is 17.3 Å². The fourth-order valence-electron chi connectivity index (χ4n) is 4.09. The minimum atomic E-state index is -0.674. The van der Waals surface area contributed by atoms with Crippen LogP contribution in [0.15, 0.2) is 36.4 Å². The van der Waals surface area contributed by atoms with Crippen LogP contribution in [0, 0.1) is 5.82 Å². The van der Waals surface area contributed by atoms with Crippen LogP contribution in [-0.4, -0.2) is 44.6 Å². The predicted molar refractivity (Wildman–Crippen MR) is 129 cm³/mol. The average molecular weight is 513 g/mol. The number of carbonyl (C=O) groups excluding carboxylic acids is 3. The molecule has 178 valence electrons. The van der Waals surface area contributed by atoms with Crippen molar-refractivity contribution in [3.8, 4) is 0 Å². The number of halogens is 2. The Morgan fingerprint density at radius 3 is 2.74 bits per heavy atom. The van der Waals surface area contributed by atoms with Crippen LogP contribution in [0.1, 0.15) is 36.7 Å². The number of rotatable bonds is 5.